The van der Waals surface area contributed by atoms with Crippen molar-refractivity contribution in [1.82, 2.24) is 0 Å². The van der Waals surface area contributed by atoms with Gasteiger partial charge in [0.25, 0.3) is 0 Å². The van der Waals surface area contributed by atoms with Gasteiger partial charge in [0.15, 0.2) is 0 Å². The van der Waals surface area contributed by atoms with Gasteiger partial charge in [-0.05, 0) is 37.5 Å². The minimum Gasteiger partial charge on any atom is -0.169 e. The van der Waals surface area contributed by atoms with Gasteiger partial charge in [0.2, 0.25) is 0 Å². The monoisotopic (exact) mass is 318 g/mol. The van der Waals surface area contributed by atoms with E-state index in [4.69, 9.17) is 0 Å². The molecule has 1 heteroatoms. The van der Waals surface area contributed by atoms with Crippen LogP contribution in [0, 0.1) is 13.8 Å². The molecule has 0 unspecified atom stereocenters. The van der Waals surface area contributed by atoms with Crippen molar-refractivity contribution in [3.05, 3.63) is 59.7 Å². The maximum absolute atomic E-state index is 2.21. The number of rotatable bonds is 1. The molecule has 0 heterocycles. The molecule has 0 nitrogen and oxygen atoms in total. The molecule has 0 fully saturated rings. The van der Waals surface area contributed by atoms with E-state index in [-0.39, 0.29) is 0 Å². The van der Waals surface area contributed by atoms with Gasteiger partial charge in [-0.1, -0.05) is 93.8 Å². The van der Waals surface area contributed by atoms with E-state index >= 15 is 0 Å². The number of hydrogen-bond acceptors (Lipinski definition) is 1. The molecule has 2 aromatic carbocycles. The molecule has 2 rings (SSSR count). The lowest BCUT2D eigenvalue weighted by atomic mass is 10.0. The highest BCUT2D eigenvalue weighted by Crippen LogP contribution is 2.20. The van der Waals surface area contributed by atoms with Crippen molar-refractivity contribution in [1.29, 1.82) is 0 Å². The van der Waals surface area contributed by atoms with Crippen molar-refractivity contribution in [2.24, 2.45) is 0 Å². The molecule has 0 aliphatic carbocycles. The third-order valence-electron chi connectivity index (χ3n) is 2.40. The van der Waals surface area contributed by atoms with Crippen molar-refractivity contribution in [3.63, 3.8) is 0 Å². The number of benzene rings is 2. The van der Waals surface area contributed by atoms with E-state index < -0.39 is 0 Å². The SMILES string of the molecule is CC.CCC.CSC.Cc1ccc(-c2cccc(C)c2)cc1. The Hall–Kier alpha value is -1.21. The van der Waals surface area contributed by atoms with Gasteiger partial charge in [0.05, 0.1) is 0 Å². The molecule has 0 bridgehead atoms. The van der Waals surface area contributed by atoms with Crippen molar-refractivity contribution >= 4 is 11.8 Å². The summed E-state index contributed by atoms with van der Waals surface area (Å²) in [6.07, 6.45) is 5.33. The van der Waals surface area contributed by atoms with Crippen LogP contribution >= 0.6 is 11.8 Å². The molecule has 0 N–H and O–H groups in total. The van der Waals surface area contributed by atoms with Crippen LogP contribution < -0.4 is 0 Å². The van der Waals surface area contributed by atoms with E-state index in [9.17, 15) is 0 Å². The highest BCUT2D eigenvalue weighted by atomic mass is 32.2. The Kier molecular flexibility index (Phi) is 16.9. The number of hydrogen-bond donors (Lipinski definition) is 0. The summed E-state index contributed by atoms with van der Waals surface area (Å²) in [4.78, 5) is 0. The molecule has 0 aliphatic heterocycles. The lowest BCUT2D eigenvalue weighted by Gasteiger charge is -2.02. The fourth-order valence-electron chi connectivity index (χ4n) is 1.57. The predicted octanol–water partition coefficient (Wildman–Crippen LogP) is 7.39. The molecule has 22 heavy (non-hydrogen) atoms. The Morgan fingerprint density at radius 1 is 0.727 bits per heavy atom. The van der Waals surface area contributed by atoms with Crippen LogP contribution in [0.2, 0.25) is 0 Å². The first-order valence-corrected chi connectivity index (χ1v) is 9.76. The predicted molar refractivity (Wildman–Crippen MR) is 108 cm³/mol. The summed E-state index contributed by atoms with van der Waals surface area (Å²) in [5.41, 5.74) is 5.20. The molecule has 0 spiro atoms. The van der Waals surface area contributed by atoms with Crippen molar-refractivity contribution in [3.8, 4) is 11.1 Å². The molecule has 2 aromatic rings. The van der Waals surface area contributed by atoms with Gasteiger partial charge >= 0.3 is 0 Å². The van der Waals surface area contributed by atoms with Gasteiger partial charge in [0, 0.05) is 0 Å². The van der Waals surface area contributed by atoms with Crippen molar-refractivity contribution < 1.29 is 0 Å². The average molecular weight is 319 g/mol. The summed E-state index contributed by atoms with van der Waals surface area (Å²) in [5.74, 6) is 0. The third-order valence-corrected chi connectivity index (χ3v) is 2.40. The summed E-state index contributed by atoms with van der Waals surface area (Å²) < 4.78 is 0. The van der Waals surface area contributed by atoms with Crippen LogP contribution in [0.3, 0.4) is 0 Å². The highest BCUT2D eigenvalue weighted by Gasteiger charge is 1.96. The van der Waals surface area contributed by atoms with Crippen LogP contribution in [-0.2, 0) is 0 Å². The first-order valence-electron chi connectivity index (χ1n) is 8.12. The van der Waals surface area contributed by atoms with Crippen LogP contribution in [0.4, 0.5) is 0 Å². The molecule has 0 saturated carbocycles. The van der Waals surface area contributed by atoms with E-state index in [1.807, 2.05) is 26.4 Å². The minimum atomic E-state index is 1.25. The van der Waals surface area contributed by atoms with E-state index in [0.29, 0.717) is 0 Å². The highest BCUT2D eigenvalue weighted by molar-refractivity contribution is 7.97. The zero-order valence-electron chi connectivity index (χ0n) is 15.7. The standard InChI is InChI=1S/C14H14.C3H8.C2H6S.C2H6/c1-11-6-8-13(9-7-11)14-5-3-4-12(2)10-14;2*1-3-2;1-2/h3-10H,1-2H3;3H2,1-2H3;1-2H3;1-2H3. The lowest BCUT2D eigenvalue weighted by molar-refractivity contribution is 1.09. The second kappa shape index (κ2) is 16.2. The lowest BCUT2D eigenvalue weighted by Crippen LogP contribution is -1.79. The quantitative estimate of drug-likeness (QED) is 0.528. The van der Waals surface area contributed by atoms with Crippen LogP contribution in [0.15, 0.2) is 48.5 Å². The van der Waals surface area contributed by atoms with Gasteiger partial charge in [-0.15, -0.1) is 0 Å². The smallest absolute Gasteiger partial charge is 0.0181 e. The van der Waals surface area contributed by atoms with Crippen LogP contribution in [0.5, 0.6) is 0 Å². The fraction of sp³-hybridized carbons (Fsp3) is 0.429. The Morgan fingerprint density at radius 2 is 1.18 bits per heavy atom. The second-order valence-electron chi connectivity index (χ2n) is 4.85. The Balaban J connectivity index is 0. The van der Waals surface area contributed by atoms with Gasteiger partial charge in [-0.3, -0.25) is 0 Å². The van der Waals surface area contributed by atoms with Gasteiger partial charge in [-0.2, -0.15) is 11.8 Å². The van der Waals surface area contributed by atoms with Crippen LogP contribution in [0.1, 0.15) is 45.2 Å². The van der Waals surface area contributed by atoms with E-state index in [2.05, 4.69) is 76.2 Å². The zero-order chi connectivity index (χ0) is 17.4. The topological polar surface area (TPSA) is 0 Å². The normalized spacial score (nSPS) is 8.36. The largest absolute Gasteiger partial charge is 0.169 e. The van der Waals surface area contributed by atoms with Gasteiger partial charge in [-0.25, -0.2) is 0 Å². The molecule has 0 amide bonds. The zero-order valence-corrected chi connectivity index (χ0v) is 16.6. The number of aryl methyl sites for hydroxylation is 2. The van der Waals surface area contributed by atoms with Crippen LogP contribution in [-0.4, -0.2) is 12.5 Å². The van der Waals surface area contributed by atoms with Crippen LogP contribution in [0.25, 0.3) is 11.1 Å². The molecule has 0 aliphatic rings. The minimum absolute atomic E-state index is 1.25. The van der Waals surface area contributed by atoms with Crippen molar-refractivity contribution in [2.45, 2.75) is 48.0 Å². The summed E-state index contributed by atoms with van der Waals surface area (Å²) in [5, 5.41) is 0. The molecule has 0 radical (unpaired) electrons. The first kappa shape index (κ1) is 23.1. The third kappa shape index (κ3) is 11.4. The Labute approximate surface area is 143 Å². The molecular formula is C21H34S. The Morgan fingerprint density at radius 3 is 1.59 bits per heavy atom. The summed E-state index contributed by atoms with van der Waals surface area (Å²) in [6, 6.07) is 17.2. The molecule has 0 saturated heterocycles. The number of thioether (sulfide) groups is 1. The molecule has 124 valence electrons. The van der Waals surface area contributed by atoms with Gasteiger partial charge < -0.3 is 0 Å². The van der Waals surface area contributed by atoms with E-state index in [0.717, 1.165) is 0 Å². The maximum atomic E-state index is 2.21. The van der Waals surface area contributed by atoms with Gasteiger partial charge in [0.1, 0.15) is 0 Å². The fourth-order valence-corrected chi connectivity index (χ4v) is 1.57. The first-order chi connectivity index (χ1) is 10.6. The molecular weight excluding hydrogens is 284 g/mol. The Bertz CT molecular complexity index is 456. The second-order valence-corrected chi connectivity index (χ2v) is 5.67. The van der Waals surface area contributed by atoms with Crippen molar-refractivity contribution in [2.75, 3.05) is 12.5 Å². The average Bonchev–Trinajstić information content (AvgIpc) is 2.52. The molecule has 0 atom stereocenters. The summed E-state index contributed by atoms with van der Waals surface area (Å²) in [6.45, 7) is 12.5. The molecule has 0 aromatic heterocycles. The van der Waals surface area contributed by atoms with E-state index in [1.54, 1.807) is 11.8 Å². The maximum Gasteiger partial charge on any atom is -0.0181 e. The summed E-state index contributed by atoms with van der Waals surface area (Å²) >= 11 is 1.75. The summed E-state index contributed by atoms with van der Waals surface area (Å²) in [7, 11) is 0. The van der Waals surface area contributed by atoms with E-state index in [1.165, 1.54) is 28.7 Å².